The number of carboxylic acid groups (broad SMARTS) is 1. The number of hydrogen-bond donors (Lipinski definition) is 2. The highest BCUT2D eigenvalue weighted by molar-refractivity contribution is 5.85. The number of aryl methyl sites for hydroxylation is 1. The van der Waals surface area contributed by atoms with Crippen LogP contribution in [0.4, 0.5) is 0 Å². The van der Waals surface area contributed by atoms with Crippen LogP contribution in [0.15, 0.2) is 24.3 Å². The van der Waals surface area contributed by atoms with Crippen molar-refractivity contribution in [1.29, 1.82) is 0 Å². The lowest BCUT2D eigenvalue weighted by Crippen LogP contribution is -2.43. The summed E-state index contributed by atoms with van der Waals surface area (Å²) < 4.78 is 5.52. The molecule has 1 saturated carbocycles. The van der Waals surface area contributed by atoms with E-state index in [4.69, 9.17) is 4.74 Å². The summed E-state index contributed by atoms with van der Waals surface area (Å²) in [6.45, 7) is 2.73. The zero-order valence-electron chi connectivity index (χ0n) is 12.2. The van der Waals surface area contributed by atoms with Gasteiger partial charge in [0.2, 0.25) is 5.91 Å². The zero-order valence-corrected chi connectivity index (χ0v) is 12.2. The van der Waals surface area contributed by atoms with E-state index in [0.717, 1.165) is 17.7 Å². The van der Waals surface area contributed by atoms with Crippen LogP contribution in [-0.2, 0) is 9.59 Å². The lowest BCUT2D eigenvalue weighted by Gasteiger charge is -2.36. The van der Waals surface area contributed by atoms with E-state index in [2.05, 4.69) is 5.32 Å². The fourth-order valence-electron chi connectivity index (χ4n) is 2.50. The van der Waals surface area contributed by atoms with Gasteiger partial charge >= 0.3 is 5.97 Å². The number of carbonyl (C=O) groups excluding carboxylic acids is 1. The molecule has 0 unspecified atom stereocenters. The third kappa shape index (κ3) is 3.97. The summed E-state index contributed by atoms with van der Waals surface area (Å²) in [5.41, 5.74) is 0.284. The maximum absolute atomic E-state index is 11.8. The minimum absolute atomic E-state index is 0.0623. The van der Waals surface area contributed by atoms with Crippen molar-refractivity contribution in [2.45, 2.75) is 32.6 Å². The number of rotatable bonds is 7. The van der Waals surface area contributed by atoms with Gasteiger partial charge in [0, 0.05) is 6.42 Å². The van der Waals surface area contributed by atoms with Crippen LogP contribution in [0.5, 0.6) is 5.75 Å². The Hall–Kier alpha value is -2.04. The van der Waals surface area contributed by atoms with Gasteiger partial charge in [0.1, 0.15) is 12.4 Å². The topological polar surface area (TPSA) is 75.6 Å². The van der Waals surface area contributed by atoms with Crippen LogP contribution in [0, 0.1) is 12.3 Å². The molecule has 2 rings (SSSR count). The van der Waals surface area contributed by atoms with Crippen LogP contribution >= 0.6 is 0 Å². The van der Waals surface area contributed by atoms with Crippen molar-refractivity contribution in [2.75, 3.05) is 13.2 Å². The number of nitrogens with one attached hydrogen (secondary N) is 1. The number of carboxylic acids is 1. The Morgan fingerprint density at radius 3 is 2.71 bits per heavy atom. The summed E-state index contributed by atoms with van der Waals surface area (Å²) >= 11 is 0. The van der Waals surface area contributed by atoms with Gasteiger partial charge in [0.25, 0.3) is 0 Å². The molecule has 0 aromatic heterocycles. The van der Waals surface area contributed by atoms with Gasteiger partial charge < -0.3 is 15.2 Å². The Kier molecular flexibility index (Phi) is 4.83. The van der Waals surface area contributed by atoms with Gasteiger partial charge in [-0.2, -0.15) is 0 Å². The molecule has 0 aliphatic heterocycles. The van der Waals surface area contributed by atoms with E-state index in [1.165, 1.54) is 0 Å². The van der Waals surface area contributed by atoms with Crippen molar-refractivity contribution in [3.8, 4) is 5.75 Å². The molecule has 0 atom stereocenters. The first-order valence-corrected chi connectivity index (χ1v) is 7.21. The number of ether oxygens (including phenoxy) is 1. The third-order valence-electron chi connectivity index (χ3n) is 3.95. The molecule has 1 aromatic rings. The van der Waals surface area contributed by atoms with E-state index >= 15 is 0 Å². The van der Waals surface area contributed by atoms with Crippen LogP contribution in [0.1, 0.15) is 31.2 Å². The van der Waals surface area contributed by atoms with Crippen molar-refractivity contribution in [3.63, 3.8) is 0 Å². The van der Waals surface area contributed by atoms with Crippen molar-refractivity contribution in [1.82, 2.24) is 5.32 Å². The largest absolute Gasteiger partial charge is 0.492 e. The monoisotopic (exact) mass is 291 g/mol. The summed E-state index contributed by atoms with van der Waals surface area (Å²) in [6, 6.07) is 7.69. The lowest BCUT2D eigenvalue weighted by atomic mass is 9.66. The molecule has 0 spiro atoms. The number of amides is 1. The predicted molar refractivity (Wildman–Crippen MR) is 78.2 cm³/mol. The summed E-state index contributed by atoms with van der Waals surface area (Å²) in [5, 5.41) is 11.9. The lowest BCUT2D eigenvalue weighted by molar-refractivity contribution is -0.157. The van der Waals surface area contributed by atoms with E-state index in [0.29, 0.717) is 26.0 Å². The van der Waals surface area contributed by atoms with E-state index < -0.39 is 11.4 Å². The second kappa shape index (κ2) is 6.61. The van der Waals surface area contributed by atoms with Gasteiger partial charge in [-0.15, -0.1) is 0 Å². The number of aliphatic carboxylic acids is 1. The van der Waals surface area contributed by atoms with Crippen LogP contribution in [-0.4, -0.2) is 30.1 Å². The first kappa shape index (κ1) is 15.4. The van der Waals surface area contributed by atoms with Gasteiger partial charge in [0.15, 0.2) is 0 Å². The average Bonchev–Trinajstić information content (AvgIpc) is 2.39. The van der Waals surface area contributed by atoms with Gasteiger partial charge in [-0.1, -0.05) is 18.6 Å². The highest BCUT2D eigenvalue weighted by atomic mass is 16.5. The van der Waals surface area contributed by atoms with Gasteiger partial charge in [-0.05, 0) is 37.5 Å². The Morgan fingerprint density at radius 1 is 1.38 bits per heavy atom. The average molecular weight is 291 g/mol. The summed E-state index contributed by atoms with van der Waals surface area (Å²) in [5.74, 6) is -0.310. The fourth-order valence-corrected chi connectivity index (χ4v) is 2.50. The molecule has 114 valence electrons. The Bertz CT molecular complexity index is 523. The molecule has 0 bridgehead atoms. The van der Waals surface area contributed by atoms with E-state index in [9.17, 15) is 14.7 Å². The van der Waals surface area contributed by atoms with Crippen molar-refractivity contribution in [3.05, 3.63) is 29.8 Å². The first-order valence-electron chi connectivity index (χ1n) is 7.21. The molecular weight excluding hydrogens is 270 g/mol. The quantitative estimate of drug-likeness (QED) is 0.755. The molecule has 1 aliphatic rings. The minimum Gasteiger partial charge on any atom is -0.492 e. The Balaban J connectivity index is 1.69. The van der Waals surface area contributed by atoms with Gasteiger partial charge in [-0.3, -0.25) is 9.59 Å². The van der Waals surface area contributed by atoms with Crippen molar-refractivity contribution < 1.29 is 19.4 Å². The summed E-state index contributed by atoms with van der Waals surface area (Å²) in [7, 11) is 0. The second-order valence-electron chi connectivity index (χ2n) is 5.63. The van der Waals surface area contributed by atoms with Crippen molar-refractivity contribution in [2.24, 2.45) is 5.41 Å². The smallest absolute Gasteiger partial charge is 0.310 e. The van der Waals surface area contributed by atoms with Crippen LogP contribution in [0.2, 0.25) is 0 Å². The predicted octanol–water partition coefficient (Wildman–Crippen LogP) is 2.14. The summed E-state index contributed by atoms with van der Waals surface area (Å²) in [6.07, 6.45) is 2.13. The normalized spacial score (nSPS) is 15.9. The van der Waals surface area contributed by atoms with Crippen molar-refractivity contribution >= 4 is 11.9 Å². The molecular formula is C16H21NO4. The standard InChI is InChI=1S/C16H21NO4/c1-12-4-2-5-13(10-12)21-9-8-17-14(18)11-16(15(19)20)6-3-7-16/h2,4-5,10H,3,6-9,11H2,1H3,(H,17,18)(H,19,20). The molecule has 1 aromatic carbocycles. The van der Waals surface area contributed by atoms with E-state index in [-0.39, 0.29) is 12.3 Å². The molecule has 1 amide bonds. The minimum atomic E-state index is -0.861. The van der Waals surface area contributed by atoms with E-state index in [1.807, 2.05) is 31.2 Å². The Labute approximate surface area is 124 Å². The SMILES string of the molecule is Cc1cccc(OCCNC(=O)CC2(C(=O)O)CCC2)c1. The fraction of sp³-hybridized carbons (Fsp3) is 0.500. The van der Waals surface area contributed by atoms with Crippen LogP contribution in [0.3, 0.4) is 0 Å². The Morgan fingerprint density at radius 2 is 2.14 bits per heavy atom. The first-order chi connectivity index (χ1) is 10.0. The summed E-state index contributed by atoms with van der Waals surface area (Å²) in [4.78, 5) is 23.0. The zero-order chi connectivity index (χ0) is 15.3. The molecule has 1 aliphatic carbocycles. The molecule has 5 heteroatoms. The second-order valence-corrected chi connectivity index (χ2v) is 5.63. The number of benzene rings is 1. The van der Waals surface area contributed by atoms with E-state index in [1.54, 1.807) is 0 Å². The molecule has 2 N–H and O–H groups in total. The highest BCUT2D eigenvalue weighted by Crippen LogP contribution is 2.44. The number of hydrogen-bond acceptors (Lipinski definition) is 3. The third-order valence-corrected chi connectivity index (χ3v) is 3.95. The van der Waals surface area contributed by atoms with Crippen LogP contribution < -0.4 is 10.1 Å². The molecule has 21 heavy (non-hydrogen) atoms. The molecule has 0 saturated heterocycles. The highest BCUT2D eigenvalue weighted by Gasteiger charge is 2.45. The van der Waals surface area contributed by atoms with Crippen LogP contribution in [0.25, 0.3) is 0 Å². The number of carbonyl (C=O) groups is 2. The van der Waals surface area contributed by atoms with Gasteiger partial charge in [0.05, 0.1) is 12.0 Å². The maximum Gasteiger partial charge on any atom is 0.310 e. The maximum atomic E-state index is 11.8. The molecule has 5 nitrogen and oxygen atoms in total. The molecule has 0 radical (unpaired) electrons. The molecule has 1 fully saturated rings. The molecule has 0 heterocycles. The van der Waals surface area contributed by atoms with Gasteiger partial charge in [-0.25, -0.2) is 0 Å².